The van der Waals surface area contributed by atoms with Gasteiger partial charge in [0.2, 0.25) is 0 Å². The zero-order valence-corrected chi connectivity index (χ0v) is 29.9. The molecule has 5 nitrogen and oxygen atoms in total. The van der Waals surface area contributed by atoms with Crippen LogP contribution in [-0.2, 0) is 30.3 Å². The second kappa shape index (κ2) is 16.1. The summed E-state index contributed by atoms with van der Waals surface area (Å²) in [6, 6.07) is 20.3. The van der Waals surface area contributed by atoms with Gasteiger partial charge in [-0.1, -0.05) is 83.7 Å². The first-order valence-electron chi connectivity index (χ1n) is 15.8. The minimum Gasteiger partial charge on any atom is -0.512 e. The molecule has 0 aliphatic heterocycles. The Kier molecular flexibility index (Phi) is 12.8. The molecule has 0 unspecified atom stereocenters. The van der Waals surface area contributed by atoms with E-state index in [0.29, 0.717) is 0 Å². The Morgan fingerprint density at radius 2 is 1.62 bits per heavy atom. The van der Waals surface area contributed by atoms with Crippen LogP contribution >= 0.6 is 0 Å². The predicted molar refractivity (Wildman–Crippen MR) is 182 cm³/mol. The minimum absolute atomic E-state index is 0. The molecule has 0 aliphatic rings. The van der Waals surface area contributed by atoms with Gasteiger partial charge in [-0.3, -0.25) is 14.8 Å². The summed E-state index contributed by atoms with van der Waals surface area (Å²) in [6.07, 6.45) is 12.1. The molecule has 0 saturated heterocycles. The summed E-state index contributed by atoms with van der Waals surface area (Å²) >= 11 is 0. The second-order valence-corrected chi connectivity index (χ2v) is 12.3. The number of aliphatic hydroxyl groups is 1. The number of aliphatic hydroxyl groups excluding tert-OH is 1. The summed E-state index contributed by atoms with van der Waals surface area (Å²) in [5.41, 5.74) is 6.13. The van der Waals surface area contributed by atoms with E-state index < -0.39 is 0 Å². The number of aromatic nitrogens is 2. The molecule has 0 saturated carbocycles. The van der Waals surface area contributed by atoms with Gasteiger partial charge in [-0.05, 0) is 48.8 Å². The molecular formula is C39H45IrN2O3-. The van der Waals surface area contributed by atoms with E-state index in [2.05, 4.69) is 73.2 Å². The first-order valence-corrected chi connectivity index (χ1v) is 15.8. The van der Waals surface area contributed by atoms with Gasteiger partial charge in [-0.2, -0.15) is 0 Å². The standard InChI is InChI=1S/C26H21N2O.C13H24O2.Ir/c1-26(2,3)23-13-19(12-17-6-4-5-7-20(17)23)24-14-18(8-11-28-24)22-16-29-25-15-27-10-9-21(22)25;1-5-10(6-2)12(14)9-13(15)11(7-3)8-4;/h4-11,13-16H,1-3H3;9-11,14H,5-8H2,1-4H3;/q-1;;/b;12-9-;. The van der Waals surface area contributed by atoms with E-state index in [-0.39, 0.29) is 48.9 Å². The van der Waals surface area contributed by atoms with Crippen molar-refractivity contribution in [1.29, 1.82) is 0 Å². The molecule has 0 aliphatic carbocycles. The molecular weight excluding hydrogens is 737 g/mol. The molecule has 0 atom stereocenters. The van der Waals surface area contributed by atoms with E-state index in [4.69, 9.17) is 4.42 Å². The van der Waals surface area contributed by atoms with E-state index in [1.54, 1.807) is 18.7 Å². The zero-order chi connectivity index (χ0) is 31.9. The number of ketones is 1. The van der Waals surface area contributed by atoms with Crippen LogP contribution in [0.25, 0.3) is 44.1 Å². The molecule has 3 aromatic heterocycles. The van der Waals surface area contributed by atoms with Crippen LogP contribution in [-0.4, -0.2) is 20.9 Å². The first-order chi connectivity index (χ1) is 21.1. The van der Waals surface area contributed by atoms with Crippen molar-refractivity contribution in [2.24, 2.45) is 11.8 Å². The molecule has 5 aromatic rings. The Balaban J connectivity index is 0.000000297. The number of rotatable bonds is 9. The van der Waals surface area contributed by atoms with Crippen LogP contribution < -0.4 is 0 Å². The summed E-state index contributed by atoms with van der Waals surface area (Å²) in [6.45, 7) is 14.8. The van der Waals surface area contributed by atoms with Crippen molar-refractivity contribution in [1.82, 2.24) is 9.97 Å². The second-order valence-electron chi connectivity index (χ2n) is 12.3. The molecule has 0 spiro atoms. The number of hydrogen-bond acceptors (Lipinski definition) is 5. The fourth-order valence-electron chi connectivity index (χ4n) is 5.62. The van der Waals surface area contributed by atoms with E-state index in [0.717, 1.165) is 64.4 Å². The smallest absolute Gasteiger partial charge is 0.162 e. The van der Waals surface area contributed by atoms with Crippen molar-refractivity contribution in [3.8, 4) is 22.4 Å². The van der Waals surface area contributed by atoms with Gasteiger partial charge in [0.15, 0.2) is 11.4 Å². The maximum atomic E-state index is 11.7. The van der Waals surface area contributed by atoms with Crippen LogP contribution in [0.3, 0.4) is 0 Å². The number of carbonyl (C=O) groups is 1. The molecule has 0 fully saturated rings. The number of nitrogens with zero attached hydrogens (tertiary/aromatic N) is 2. The Bertz CT molecular complexity index is 1740. The summed E-state index contributed by atoms with van der Waals surface area (Å²) in [7, 11) is 0. The zero-order valence-electron chi connectivity index (χ0n) is 27.5. The Morgan fingerprint density at radius 1 is 0.933 bits per heavy atom. The quantitative estimate of drug-likeness (QED) is 0.0916. The van der Waals surface area contributed by atoms with Crippen LogP contribution in [0.5, 0.6) is 0 Å². The molecule has 239 valence electrons. The van der Waals surface area contributed by atoms with Crippen LogP contribution in [0.15, 0.2) is 89.6 Å². The Labute approximate surface area is 281 Å². The third kappa shape index (κ3) is 8.56. The van der Waals surface area contributed by atoms with E-state index >= 15 is 0 Å². The molecule has 45 heavy (non-hydrogen) atoms. The molecule has 6 heteroatoms. The van der Waals surface area contributed by atoms with Crippen molar-refractivity contribution in [3.63, 3.8) is 0 Å². The number of fused-ring (bicyclic) bond motifs is 2. The predicted octanol–water partition coefficient (Wildman–Crippen LogP) is 10.7. The average molecular weight is 782 g/mol. The fourth-order valence-corrected chi connectivity index (χ4v) is 5.62. The molecule has 5 rings (SSSR count). The summed E-state index contributed by atoms with van der Waals surface area (Å²) in [4.78, 5) is 20.5. The van der Waals surface area contributed by atoms with Crippen molar-refractivity contribution >= 4 is 27.5 Å². The van der Waals surface area contributed by atoms with Crippen LogP contribution in [0, 0.1) is 17.9 Å². The van der Waals surface area contributed by atoms with E-state index in [9.17, 15) is 9.90 Å². The number of carbonyl (C=O) groups excluding carboxylic acids is 1. The number of pyridine rings is 2. The number of allylic oxidation sites excluding steroid dienone is 2. The monoisotopic (exact) mass is 782 g/mol. The van der Waals surface area contributed by atoms with Crippen molar-refractivity contribution in [2.75, 3.05) is 0 Å². The number of hydrogen-bond donors (Lipinski definition) is 1. The summed E-state index contributed by atoms with van der Waals surface area (Å²) in [5, 5.41) is 13.2. The molecule has 2 aromatic carbocycles. The molecule has 1 radical (unpaired) electrons. The van der Waals surface area contributed by atoms with Gasteiger partial charge >= 0.3 is 0 Å². The number of benzene rings is 2. The van der Waals surface area contributed by atoms with Crippen molar-refractivity contribution in [2.45, 2.75) is 79.6 Å². The average Bonchev–Trinajstić information content (AvgIpc) is 3.46. The fraction of sp³-hybridized carbons (Fsp3) is 0.359. The van der Waals surface area contributed by atoms with Gasteiger partial charge in [-0.15, -0.1) is 29.1 Å². The van der Waals surface area contributed by atoms with Gasteiger partial charge in [0, 0.05) is 67.1 Å². The largest absolute Gasteiger partial charge is 0.512 e. The van der Waals surface area contributed by atoms with Crippen LogP contribution in [0.1, 0.15) is 79.7 Å². The minimum atomic E-state index is 0. The third-order valence-corrected chi connectivity index (χ3v) is 8.39. The number of furan rings is 1. The normalized spacial score (nSPS) is 11.9. The maximum absolute atomic E-state index is 11.7. The summed E-state index contributed by atoms with van der Waals surface area (Å²) in [5.74, 6) is 0.547. The van der Waals surface area contributed by atoms with Gasteiger partial charge < -0.3 is 9.52 Å². The van der Waals surface area contributed by atoms with Gasteiger partial charge in [0.05, 0.1) is 18.2 Å². The van der Waals surface area contributed by atoms with E-state index in [1.165, 1.54) is 17.0 Å². The van der Waals surface area contributed by atoms with Crippen molar-refractivity contribution < 1.29 is 34.4 Å². The Morgan fingerprint density at radius 3 is 2.29 bits per heavy atom. The Hall–Kier alpha value is -3.60. The van der Waals surface area contributed by atoms with Gasteiger partial charge in [0.1, 0.15) is 0 Å². The third-order valence-electron chi connectivity index (χ3n) is 8.39. The summed E-state index contributed by atoms with van der Waals surface area (Å²) < 4.78 is 5.68. The topological polar surface area (TPSA) is 76.2 Å². The van der Waals surface area contributed by atoms with Gasteiger partial charge in [0.25, 0.3) is 0 Å². The van der Waals surface area contributed by atoms with Crippen LogP contribution in [0.2, 0.25) is 0 Å². The molecule has 1 N–H and O–H groups in total. The van der Waals surface area contributed by atoms with Gasteiger partial charge in [-0.25, -0.2) is 0 Å². The maximum Gasteiger partial charge on any atom is 0.162 e. The SMILES string of the molecule is CC(C)(C)c1cc(-c2cc(-c3coc4cnccc34)ccn2)[c-]c2ccccc12.CCC(CC)C(=O)/C=C(\O)C(CC)CC.[Ir]. The molecule has 0 bridgehead atoms. The first kappa shape index (κ1) is 35.9. The molecule has 0 amide bonds. The molecule has 3 heterocycles. The van der Waals surface area contributed by atoms with Crippen LogP contribution in [0.4, 0.5) is 0 Å². The van der Waals surface area contributed by atoms with E-state index in [1.807, 2.05) is 46.0 Å². The van der Waals surface area contributed by atoms with Crippen molar-refractivity contribution in [3.05, 3.63) is 96.8 Å².